The van der Waals surface area contributed by atoms with E-state index in [0.717, 1.165) is 21.3 Å². The minimum Gasteiger partial charge on any atom is -0.478 e. The van der Waals surface area contributed by atoms with Crippen molar-refractivity contribution in [2.45, 2.75) is 39.5 Å². The molecule has 43 heavy (non-hydrogen) atoms. The van der Waals surface area contributed by atoms with Gasteiger partial charge in [0.05, 0.1) is 15.7 Å². The average Bonchev–Trinajstić information content (AvgIpc) is 3.50. The molecule has 5 aromatic rings. The normalized spacial score (nSPS) is 11.9. The fourth-order valence-electron chi connectivity index (χ4n) is 4.72. The molecule has 2 aromatic carbocycles. The quantitative estimate of drug-likeness (QED) is 0.103. The van der Waals surface area contributed by atoms with Crippen LogP contribution in [0.15, 0.2) is 76.1 Å². The number of nitro groups is 1. The number of ether oxygens (including phenoxy) is 2. The second-order valence-corrected chi connectivity index (χ2v) is 11.4. The molecule has 0 N–H and O–H groups in total. The van der Waals surface area contributed by atoms with Crippen molar-refractivity contribution in [2.24, 2.45) is 7.05 Å². The number of aryl methyl sites for hydroxylation is 2. The third-order valence-corrected chi connectivity index (χ3v) is 8.04. The van der Waals surface area contributed by atoms with Gasteiger partial charge in [0.1, 0.15) is 23.1 Å². The third kappa shape index (κ3) is 6.78. The molecule has 1 atom stereocenters. The summed E-state index contributed by atoms with van der Waals surface area (Å²) in [6.45, 7) is 4.68. The monoisotopic (exact) mass is 712 g/mol. The van der Waals surface area contributed by atoms with Crippen LogP contribution in [0.2, 0.25) is 0 Å². The van der Waals surface area contributed by atoms with E-state index in [-0.39, 0.29) is 5.75 Å². The molecule has 0 amide bonds. The molecule has 3 heterocycles. The lowest BCUT2D eigenvalue weighted by molar-refractivity contribution is -0.390. The van der Waals surface area contributed by atoms with E-state index in [2.05, 4.69) is 41.9 Å². The van der Waals surface area contributed by atoms with Gasteiger partial charge in [0.2, 0.25) is 11.6 Å². The number of halogens is 3. The van der Waals surface area contributed by atoms with E-state index < -0.39 is 22.7 Å². The smallest absolute Gasteiger partial charge is 0.406 e. The highest BCUT2D eigenvalue weighted by Gasteiger charge is 2.26. The molecular weight excluding hydrogens is 687 g/mol. The van der Waals surface area contributed by atoms with Gasteiger partial charge in [0, 0.05) is 49.0 Å². The van der Waals surface area contributed by atoms with Gasteiger partial charge in [-0.15, -0.1) is 5.10 Å². The van der Waals surface area contributed by atoms with Crippen molar-refractivity contribution in [3.63, 3.8) is 0 Å². The standard InChI is InChI=1S/C30H27Br2FN6O4/c1-4-38-28(32)25(30(36-38)42-17-19-8-6-5-7-9-19)12-20-16-37(3)35-27(20)23-11-10-22(33)14-24(23)18(2)43-26-13-21(31)15-34-29(26)39(40)41/h5-11,13-16,18H,4,12,17H2,1-3H3/t18-/m1/s1. The summed E-state index contributed by atoms with van der Waals surface area (Å²) >= 11 is 6.98. The summed E-state index contributed by atoms with van der Waals surface area (Å²) in [5.41, 5.74) is 4.41. The van der Waals surface area contributed by atoms with E-state index in [4.69, 9.17) is 14.6 Å². The van der Waals surface area contributed by atoms with Gasteiger partial charge in [-0.2, -0.15) is 5.10 Å². The maximum absolute atomic E-state index is 14.6. The number of aromatic nitrogens is 5. The summed E-state index contributed by atoms with van der Waals surface area (Å²) in [6, 6.07) is 15.7. The molecule has 0 bridgehead atoms. The summed E-state index contributed by atoms with van der Waals surface area (Å²) in [5, 5.41) is 21.0. The van der Waals surface area contributed by atoms with Gasteiger partial charge in [-0.05, 0) is 79.4 Å². The molecule has 13 heteroatoms. The average molecular weight is 714 g/mol. The van der Waals surface area contributed by atoms with Crippen LogP contribution in [-0.2, 0) is 26.6 Å². The summed E-state index contributed by atoms with van der Waals surface area (Å²) in [5.74, 6) is -0.457. The van der Waals surface area contributed by atoms with E-state index in [1.807, 2.05) is 55.2 Å². The first-order valence-electron chi connectivity index (χ1n) is 13.3. The van der Waals surface area contributed by atoms with Crippen molar-refractivity contribution in [1.29, 1.82) is 0 Å². The van der Waals surface area contributed by atoms with Gasteiger partial charge in [0.15, 0.2) is 6.20 Å². The molecule has 0 fully saturated rings. The highest BCUT2D eigenvalue weighted by molar-refractivity contribution is 9.10. The largest absolute Gasteiger partial charge is 0.478 e. The van der Waals surface area contributed by atoms with Gasteiger partial charge in [-0.1, -0.05) is 30.3 Å². The fraction of sp³-hybridized carbons (Fsp3) is 0.233. The second-order valence-electron chi connectivity index (χ2n) is 9.74. The van der Waals surface area contributed by atoms with Gasteiger partial charge in [-0.25, -0.2) is 4.39 Å². The van der Waals surface area contributed by atoms with Gasteiger partial charge in [-0.3, -0.25) is 9.36 Å². The van der Waals surface area contributed by atoms with Crippen molar-refractivity contribution in [1.82, 2.24) is 24.5 Å². The van der Waals surface area contributed by atoms with Crippen LogP contribution in [0, 0.1) is 15.9 Å². The van der Waals surface area contributed by atoms with Crippen molar-refractivity contribution in [2.75, 3.05) is 0 Å². The Labute approximate surface area is 263 Å². The molecule has 0 unspecified atom stereocenters. The number of rotatable bonds is 11. The lowest BCUT2D eigenvalue weighted by Crippen LogP contribution is -2.08. The minimum atomic E-state index is -0.783. The predicted molar refractivity (Wildman–Crippen MR) is 165 cm³/mol. The molecule has 0 spiro atoms. The number of hydrogen-bond donors (Lipinski definition) is 0. The van der Waals surface area contributed by atoms with Crippen LogP contribution in [0.5, 0.6) is 11.6 Å². The maximum Gasteiger partial charge on any atom is 0.406 e. The van der Waals surface area contributed by atoms with Crippen molar-refractivity contribution in [3.8, 4) is 22.9 Å². The van der Waals surface area contributed by atoms with E-state index in [1.165, 1.54) is 24.4 Å². The Morgan fingerprint density at radius 2 is 1.88 bits per heavy atom. The Hall–Kier alpha value is -4.10. The third-order valence-electron chi connectivity index (χ3n) is 6.72. The van der Waals surface area contributed by atoms with Crippen LogP contribution in [0.25, 0.3) is 11.3 Å². The molecule has 10 nitrogen and oxygen atoms in total. The molecule has 3 aromatic heterocycles. The number of benzene rings is 2. The van der Waals surface area contributed by atoms with E-state index in [0.29, 0.717) is 46.7 Å². The number of pyridine rings is 1. The fourth-order valence-corrected chi connectivity index (χ4v) is 5.67. The lowest BCUT2D eigenvalue weighted by Gasteiger charge is -2.18. The van der Waals surface area contributed by atoms with Crippen LogP contribution in [-0.4, -0.2) is 29.5 Å². The molecule has 222 valence electrons. The summed E-state index contributed by atoms with van der Waals surface area (Å²) in [4.78, 5) is 14.8. The zero-order valence-corrected chi connectivity index (χ0v) is 26.7. The van der Waals surface area contributed by atoms with Gasteiger partial charge < -0.3 is 19.6 Å². The maximum atomic E-state index is 14.6. The van der Waals surface area contributed by atoms with Crippen molar-refractivity contribution in [3.05, 3.63) is 114 Å². The molecular formula is C30H27Br2FN6O4. The molecule has 0 saturated carbocycles. The molecule has 0 aliphatic carbocycles. The topological polar surface area (TPSA) is 110 Å². The van der Waals surface area contributed by atoms with Gasteiger partial charge in [0.25, 0.3) is 0 Å². The first kappa shape index (κ1) is 30.4. The first-order valence-corrected chi connectivity index (χ1v) is 14.9. The Bertz CT molecular complexity index is 1780. The predicted octanol–water partition coefficient (Wildman–Crippen LogP) is 7.58. The molecule has 0 saturated heterocycles. The summed E-state index contributed by atoms with van der Waals surface area (Å²) in [6.07, 6.45) is 2.85. The number of hydrogen-bond acceptors (Lipinski definition) is 7. The zero-order valence-electron chi connectivity index (χ0n) is 23.5. The highest BCUT2D eigenvalue weighted by Crippen LogP contribution is 2.38. The second kappa shape index (κ2) is 13.0. The first-order chi connectivity index (χ1) is 20.6. The molecule has 0 aliphatic heterocycles. The summed E-state index contributed by atoms with van der Waals surface area (Å²) < 4.78 is 31.6. The SMILES string of the molecule is CCn1nc(OCc2ccccc2)c(Cc2cn(C)nc2-c2ccc(F)cc2[C@@H](C)Oc2cc(Br)cnc2[N+](=O)[O-])c1Br. The van der Waals surface area contributed by atoms with Crippen LogP contribution in [0.1, 0.15) is 42.2 Å². The Kier molecular flexibility index (Phi) is 9.21. The Morgan fingerprint density at radius 3 is 2.60 bits per heavy atom. The Morgan fingerprint density at radius 1 is 1.12 bits per heavy atom. The molecule has 0 aliphatic rings. The van der Waals surface area contributed by atoms with Gasteiger partial charge >= 0.3 is 5.82 Å². The van der Waals surface area contributed by atoms with Crippen LogP contribution >= 0.6 is 31.9 Å². The molecule has 0 radical (unpaired) electrons. The summed E-state index contributed by atoms with van der Waals surface area (Å²) in [7, 11) is 1.81. The van der Waals surface area contributed by atoms with E-state index >= 15 is 0 Å². The lowest BCUT2D eigenvalue weighted by atomic mass is 9.96. The van der Waals surface area contributed by atoms with Crippen molar-refractivity contribution < 1.29 is 18.8 Å². The van der Waals surface area contributed by atoms with Crippen LogP contribution in [0.4, 0.5) is 10.2 Å². The minimum absolute atomic E-state index is 0.0422. The number of nitrogens with zero attached hydrogens (tertiary/aromatic N) is 6. The van der Waals surface area contributed by atoms with Crippen LogP contribution in [0.3, 0.4) is 0 Å². The molecule has 5 rings (SSSR count). The van der Waals surface area contributed by atoms with Crippen molar-refractivity contribution >= 4 is 37.7 Å². The van der Waals surface area contributed by atoms with Crippen LogP contribution < -0.4 is 9.47 Å². The zero-order chi connectivity index (χ0) is 30.7. The van der Waals surface area contributed by atoms with E-state index in [9.17, 15) is 14.5 Å². The highest BCUT2D eigenvalue weighted by atomic mass is 79.9. The Balaban J connectivity index is 1.51. The van der Waals surface area contributed by atoms with E-state index in [1.54, 1.807) is 17.7 Å².